The Morgan fingerprint density at radius 2 is 2.00 bits per heavy atom. The van der Waals surface area contributed by atoms with Gasteiger partial charge in [-0.3, -0.25) is 4.99 Å². The fourth-order valence-corrected chi connectivity index (χ4v) is 1.22. The van der Waals surface area contributed by atoms with Gasteiger partial charge >= 0.3 is 0 Å². The van der Waals surface area contributed by atoms with Gasteiger partial charge in [-0.25, -0.2) is 0 Å². The molecule has 0 amide bonds. The molecule has 0 spiro atoms. The summed E-state index contributed by atoms with van der Waals surface area (Å²) in [5, 5.41) is 11.6. The van der Waals surface area contributed by atoms with Gasteiger partial charge in [0, 0.05) is 6.04 Å². The van der Waals surface area contributed by atoms with Gasteiger partial charge in [0.25, 0.3) is 0 Å². The molecule has 0 atom stereocenters. The zero-order valence-corrected chi connectivity index (χ0v) is 5.95. The van der Waals surface area contributed by atoms with Gasteiger partial charge in [0.05, 0.1) is 5.71 Å². The van der Waals surface area contributed by atoms with Crippen LogP contribution in [0.15, 0.2) is 10.1 Å². The van der Waals surface area contributed by atoms with Crippen LogP contribution in [-0.2, 0) is 0 Å². The molecule has 1 N–H and O–H groups in total. The standard InChI is InChI=1S/C7H12N2O/c1-8-6-2-4-7(9-10)5-3-6/h6,10H,1-5H2. The zero-order chi connectivity index (χ0) is 7.40. The Kier molecular flexibility index (Phi) is 2.42. The lowest BCUT2D eigenvalue weighted by atomic mass is 9.94. The van der Waals surface area contributed by atoms with Gasteiger partial charge in [0.2, 0.25) is 0 Å². The molecule has 0 radical (unpaired) electrons. The van der Waals surface area contributed by atoms with E-state index in [2.05, 4.69) is 16.9 Å². The lowest BCUT2D eigenvalue weighted by Gasteiger charge is -2.17. The van der Waals surface area contributed by atoms with Gasteiger partial charge in [-0.05, 0) is 32.4 Å². The normalized spacial score (nSPS) is 26.0. The second-order valence-corrected chi connectivity index (χ2v) is 2.58. The van der Waals surface area contributed by atoms with Crippen LogP contribution in [0, 0.1) is 0 Å². The summed E-state index contributed by atoms with van der Waals surface area (Å²) >= 11 is 0. The molecule has 1 saturated carbocycles. The summed E-state index contributed by atoms with van der Waals surface area (Å²) in [5.74, 6) is 0. The van der Waals surface area contributed by atoms with Crippen LogP contribution >= 0.6 is 0 Å². The van der Waals surface area contributed by atoms with Crippen LogP contribution in [-0.4, -0.2) is 23.7 Å². The minimum Gasteiger partial charge on any atom is -0.411 e. The number of nitrogens with zero attached hydrogens (tertiary/aromatic N) is 2. The fraction of sp³-hybridized carbons (Fsp3) is 0.714. The lowest BCUT2D eigenvalue weighted by Crippen LogP contribution is -2.16. The molecular formula is C7H12N2O. The molecule has 56 valence electrons. The predicted octanol–water partition coefficient (Wildman–Crippen LogP) is 1.46. The molecule has 10 heavy (non-hydrogen) atoms. The van der Waals surface area contributed by atoms with Gasteiger partial charge in [-0.1, -0.05) is 5.16 Å². The van der Waals surface area contributed by atoms with E-state index in [0.717, 1.165) is 31.4 Å². The first-order chi connectivity index (χ1) is 4.86. The van der Waals surface area contributed by atoms with Crippen molar-refractivity contribution in [3.8, 4) is 0 Å². The molecule has 0 heterocycles. The van der Waals surface area contributed by atoms with Crippen molar-refractivity contribution < 1.29 is 5.21 Å². The van der Waals surface area contributed by atoms with E-state index in [9.17, 15) is 0 Å². The van der Waals surface area contributed by atoms with E-state index in [-0.39, 0.29) is 0 Å². The van der Waals surface area contributed by atoms with Gasteiger partial charge in [-0.2, -0.15) is 0 Å². The Bertz CT molecular complexity index is 144. The molecule has 1 aliphatic carbocycles. The first-order valence-corrected chi connectivity index (χ1v) is 3.52. The van der Waals surface area contributed by atoms with Crippen LogP contribution in [0.25, 0.3) is 0 Å². The maximum Gasteiger partial charge on any atom is 0.0572 e. The average Bonchev–Trinajstić information content (AvgIpc) is 2.05. The highest BCUT2D eigenvalue weighted by atomic mass is 16.4. The Hall–Kier alpha value is -0.860. The van der Waals surface area contributed by atoms with Crippen LogP contribution in [0.2, 0.25) is 0 Å². The van der Waals surface area contributed by atoms with E-state index < -0.39 is 0 Å². The Balaban J connectivity index is 2.37. The van der Waals surface area contributed by atoms with Crippen LogP contribution in [0.4, 0.5) is 0 Å². The predicted molar refractivity (Wildman–Crippen MR) is 41.0 cm³/mol. The lowest BCUT2D eigenvalue weighted by molar-refractivity contribution is 0.313. The van der Waals surface area contributed by atoms with Crippen molar-refractivity contribution in [3.63, 3.8) is 0 Å². The molecule has 0 aliphatic heterocycles. The van der Waals surface area contributed by atoms with E-state index in [1.807, 2.05) is 0 Å². The monoisotopic (exact) mass is 140 g/mol. The van der Waals surface area contributed by atoms with Gasteiger partial charge in [0.1, 0.15) is 0 Å². The van der Waals surface area contributed by atoms with Crippen LogP contribution in [0.3, 0.4) is 0 Å². The van der Waals surface area contributed by atoms with Crippen molar-refractivity contribution in [2.75, 3.05) is 0 Å². The van der Waals surface area contributed by atoms with Crippen LogP contribution in [0.1, 0.15) is 25.7 Å². The van der Waals surface area contributed by atoms with Crippen LogP contribution in [0.5, 0.6) is 0 Å². The van der Waals surface area contributed by atoms with E-state index in [0.29, 0.717) is 6.04 Å². The zero-order valence-electron chi connectivity index (χ0n) is 5.95. The summed E-state index contributed by atoms with van der Waals surface area (Å²) in [6.45, 7) is 3.48. The highest BCUT2D eigenvalue weighted by Crippen LogP contribution is 2.17. The SMILES string of the molecule is C=NC1CCC(=NO)CC1. The van der Waals surface area contributed by atoms with Crippen molar-refractivity contribution >= 4 is 12.4 Å². The summed E-state index contributed by atoms with van der Waals surface area (Å²) in [6, 6.07) is 0.394. The van der Waals surface area contributed by atoms with Gasteiger partial charge < -0.3 is 5.21 Å². The van der Waals surface area contributed by atoms with Crippen molar-refractivity contribution in [2.45, 2.75) is 31.7 Å². The Morgan fingerprint density at radius 3 is 2.40 bits per heavy atom. The van der Waals surface area contributed by atoms with E-state index >= 15 is 0 Å². The molecule has 3 heteroatoms. The molecule has 0 saturated heterocycles. The fourth-order valence-electron chi connectivity index (χ4n) is 1.22. The number of oxime groups is 1. The maximum atomic E-state index is 8.39. The molecule has 1 rings (SSSR count). The molecule has 0 aromatic heterocycles. The highest BCUT2D eigenvalue weighted by molar-refractivity contribution is 5.84. The van der Waals surface area contributed by atoms with Crippen molar-refractivity contribution in [3.05, 3.63) is 0 Å². The molecular weight excluding hydrogens is 128 g/mol. The minimum absolute atomic E-state index is 0.394. The smallest absolute Gasteiger partial charge is 0.0572 e. The first-order valence-electron chi connectivity index (χ1n) is 3.52. The molecule has 3 nitrogen and oxygen atoms in total. The summed E-state index contributed by atoms with van der Waals surface area (Å²) in [6.07, 6.45) is 3.73. The van der Waals surface area contributed by atoms with Crippen LogP contribution < -0.4 is 0 Å². The largest absolute Gasteiger partial charge is 0.411 e. The summed E-state index contributed by atoms with van der Waals surface area (Å²) in [5.41, 5.74) is 0.903. The van der Waals surface area contributed by atoms with E-state index in [1.165, 1.54) is 0 Å². The number of hydrogen-bond donors (Lipinski definition) is 1. The summed E-state index contributed by atoms with van der Waals surface area (Å²) in [7, 11) is 0. The van der Waals surface area contributed by atoms with Gasteiger partial charge in [-0.15, -0.1) is 0 Å². The van der Waals surface area contributed by atoms with Crippen molar-refractivity contribution in [1.82, 2.24) is 0 Å². The second-order valence-electron chi connectivity index (χ2n) is 2.58. The van der Waals surface area contributed by atoms with Gasteiger partial charge in [0.15, 0.2) is 0 Å². The molecule has 0 bridgehead atoms. The van der Waals surface area contributed by atoms with E-state index in [4.69, 9.17) is 5.21 Å². The quantitative estimate of drug-likeness (QED) is 0.334. The third-order valence-corrected chi connectivity index (χ3v) is 1.93. The topological polar surface area (TPSA) is 45.0 Å². The third kappa shape index (κ3) is 1.56. The molecule has 0 unspecified atom stereocenters. The molecule has 0 aromatic rings. The van der Waals surface area contributed by atoms with E-state index in [1.54, 1.807) is 0 Å². The highest BCUT2D eigenvalue weighted by Gasteiger charge is 2.15. The first kappa shape index (κ1) is 7.25. The van der Waals surface area contributed by atoms with Crippen molar-refractivity contribution in [1.29, 1.82) is 0 Å². The molecule has 1 fully saturated rings. The summed E-state index contributed by atoms with van der Waals surface area (Å²) < 4.78 is 0. The Labute approximate surface area is 60.5 Å². The maximum absolute atomic E-state index is 8.39. The Morgan fingerprint density at radius 1 is 1.40 bits per heavy atom. The number of rotatable bonds is 1. The number of hydrogen-bond acceptors (Lipinski definition) is 3. The average molecular weight is 140 g/mol. The second kappa shape index (κ2) is 3.34. The molecule has 0 aromatic carbocycles. The third-order valence-electron chi connectivity index (χ3n) is 1.93. The van der Waals surface area contributed by atoms with Crippen molar-refractivity contribution in [2.24, 2.45) is 10.1 Å². The summed E-state index contributed by atoms with van der Waals surface area (Å²) in [4.78, 5) is 3.93. The molecule has 1 aliphatic rings. The minimum atomic E-state index is 0.394. The number of aliphatic imine (C=N–C) groups is 1.